The van der Waals surface area contributed by atoms with Gasteiger partial charge < -0.3 is 30.3 Å². The van der Waals surface area contributed by atoms with Gasteiger partial charge in [-0.2, -0.15) is 0 Å². The first-order chi connectivity index (χ1) is 18.5. The van der Waals surface area contributed by atoms with E-state index in [-0.39, 0.29) is 23.6 Å². The summed E-state index contributed by atoms with van der Waals surface area (Å²) in [5.74, 6) is -0.378. The highest BCUT2D eigenvalue weighted by atomic mass is 35.5. The molecule has 8 atom stereocenters. The van der Waals surface area contributed by atoms with Crippen LogP contribution in [0.25, 0.3) is 0 Å². The number of esters is 1. The average molecular weight is 624 g/mol. The van der Waals surface area contributed by atoms with Gasteiger partial charge in [-0.3, -0.25) is 0 Å². The van der Waals surface area contributed by atoms with E-state index in [0.717, 1.165) is 42.5 Å². The van der Waals surface area contributed by atoms with Crippen molar-refractivity contribution >= 4 is 52.1 Å². The Morgan fingerprint density at radius 3 is 2.33 bits per heavy atom. The highest BCUT2D eigenvalue weighted by molar-refractivity contribution is 7.13. The van der Waals surface area contributed by atoms with Gasteiger partial charge in [-0.15, -0.1) is 22.9 Å². The molecule has 1 fully saturated rings. The van der Waals surface area contributed by atoms with Crippen molar-refractivity contribution in [3.63, 3.8) is 0 Å². The summed E-state index contributed by atoms with van der Waals surface area (Å²) < 4.78 is 5.10. The Bertz CT molecular complexity index is 1050. The summed E-state index contributed by atoms with van der Waals surface area (Å²) in [5.41, 5.74) is 1.03. The van der Waals surface area contributed by atoms with Crippen molar-refractivity contribution in [2.75, 3.05) is 6.61 Å². The highest BCUT2D eigenvalue weighted by Crippen LogP contribution is 2.42. The van der Waals surface area contributed by atoms with Gasteiger partial charge in [0.25, 0.3) is 0 Å². The summed E-state index contributed by atoms with van der Waals surface area (Å²) in [6.45, 7) is 1.12. The predicted octanol–water partition coefficient (Wildman–Crippen LogP) is 4.63. The maximum atomic E-state index is 12.4. The minimum Gasteiger partial charge on any atom is -0.459 e. The molecule has 0 bridgehead atoms. The number of benzene rings is 1. The van der Waals surface area contributed by atoms with E-state index in [4.69, 9.17) is 39.5 Å². The summed E-state index contributed by atoms with van der Waals surface area (Å²) in [6, 6.07) is 9.00. The molecule has 1 heterocycles. The van der Waals surface area contributed by atoms with E-state index in [1.165, 1.54) is 11.3 Å². The van der Waals surface area contributed by atoms with Crippen molar-refractivity contribution in [2.24, 2.45) is 11.8 Å². The second-order valence-corrected chi connectivity index (χ2v) is 12.8. The van der Waals surface area contributed by atoms with Crippen LogP contribution in [0.4, 0.5) is 0 Å². The Labute approximate surface area is 248 Å². The molecule has 1 aromatic heterocycles. The normalized spacial score (nSPS) is 24.3. The quantitative estimate of drug-likeness (QED) is 0.153. The number of ether oxygens (including phenoxy) is 1. The van der Waals surface area contributed by atoms with Crippen LogP contribution in [0, 0.1) is 11.8 Å². The molecule has 0 spiro atoms. The van der Waals surface area contributed by atoms with Crippen LogP contribution in [0.15, 0.2) is 30.3 Å². The van der Waals surface area contributed by atoms with Crippen molar-refractivity contribution in [3.8, 4) is 0 Å². The van der Waals surface area contributed by atoms with Crippen LogP contribution in [-0.4, -0.2) is 74.0 Å². The smallest absolute Gasteiger partial charge is 0.348 e. The summed E-state index contributed by atoms with van der Waals surface area (Å²) >= 11 is 20.2. The number of halogens is 3. The fourth-order valence-corrected chi connectivity index (χ4v) is 7.20. The van der Waals surface area contributed by atoms with Crippen LogP contribution in [0.5, 0.6) is 0 Å². The van der Waals surface area contributed by atoms with Crippen LogP contribution in [-0.2, 0) is 17.6 Å². The molecule has 11 heteroatoms. The van der Waals surface area contributed by atoms with Crippen molar-refractivity contribution in [1.29, 1.82) is 0 Å². The molecule has 5 N–H and O–H groups in total. The zero-order valence-corrected chi connectivity index (χ0v) is 24.8. The SMILES string of the molecule is CCC(O)C(O)C(O)C(O)COC(=O)c1ccc(CCC[C@@H]2[C@@H](CCc3cc(Cl)cc(Cl)c3)[C@H](O)C[C@H]2Cl)s1. The molecular formula is C28H37Cl3O7S. The van der Waals surface area contributed by atoms with E-state index in [9.17, 15) is 30.3 Å². The third-order valence-electron chi connectivity index (χ3n) is 7.43. The molecule has 0 aliphatic heterocycles. The second kappa shape index (κ2) is 15.3. The number of alkyl halides is 1. The summed E-state index contributed by atoms with van der Waals surface area (Å²) in [4.78, 5) is 13.8. The average Bonchev–Trinajstić information content (AvgIpc) is 3.47. The van der Waals surface area contributed by atoms with Gasteiger partial charge in [-0.05, 0) is 92.7 Å². The van der Waals surface area contributed by atoms with E-state index in [2.05, 4.69) is 0 Å². The molecule has 2 aromatic rings. The summed E-state index contributed by atoms with van der Waals surface area (Å²) in [6.07, 6.45) is -1.60. The number of hydrogen-bond acceptors (Lipinski definition) is 8. The van der Waals surface area contributed by atoms with E-state index in [1.807, 2.05) is 18.2 Å². The summed E-state index contributed by atoms with van der Waals surface area (Å²) in [5, 5.41) is 51.1. The molecular weight excluding hydrogens is 587 g/mol. The number of carbonyl (C=O) groups excluding carboxylic acids is 1. The summed E-state index contributed by atoms with van der Waals surface area (Å²) in [7, 11) is 0. The first-order valence-corrected chi connectivity index (χ1v) is 15.3. The number of hydrogen-bond donors (Lipinski definition) is 5. The molecule has 39 heavy (non-hydrogen) atoms. The van der Waals surface area contributed by atoms with Crippen molar-refractivity contribution in [1.82, 2.24) is 0 Å². The van der Waals surface area contributed by atoms with E-state index in [1.54, 1.807) is 19.1 Å². The Kier molecular flexibility index (Phi) is 12.8. The van der Waals surface area contributed by atoms with E-state index < -0.39 is 43.1 Å². The molecule has 4 unspecified atom stereocenters. The third-order valence-corrected chi connectivity index (χ3v) is 9.49. The molecule has 1 aliphatic rings. The van der Waals surface area contributed by atoms with Crippen LogP contribution in [0.3, 0.4) is 0 Å². The fourth-order valence-electron chi connectivity index (χ4n) is 5.19. The monoisotopic (exact) mass is 622 g/mol. The highest BCUT2D eigenvalue weighted by Gasteiger charge is 2.40. The first-order valence-electron chi connectivity index (χ1n) is 13.2. The Balaban J connectivity index is 1.46. The minimum absolute atomic E-state index is 0.0814. The maximum Gasteiger partial charge on any atom is 0.348 e. The number of aliphatic hydroxyl groups excluding tert-OH is 5. The minimum atomic E-state index is -1.64. The van der Waals surface area contributed by atoms with Gasteiger partial charge in [0, 0.05) is 20.3 Å². The molecule has 7 nitrogen and oxygen atoms in total. The number of aryl methyl sites for hydroxylation is 2. The number of aliphatic hydroxyl groups is 5. The van der Waals surface area contributed by atoms with Crippen molar-refractivity contribution in [2.45, 2.75) is 87.8 Å². The molecule has 1 aromatic carbocycles. The number of thiophene rings is 1. The fraction of sp³-hybridized carbons (Fsp3) is 0.607. The van der Waals surface area contributed by atoms with Gasteiger partial charge >= 0.3 is 5.97 Å². The van der Waals surface area contributed by atoms with E-state index in [0.29, 0.717) is 21.3 Å². The van der Waals surface area contributed by atoms with Gasteiger partial charge in [0.15, 0.2) is 0 Å². The molecule has 218 valence electrons. The van der Waals surface area contributed by atoms with Gasteiger partial charge in [-0.25, -0.2) is 4.79 Å². The van der Waals surface area contributed by atoms with Crippen LogP contribution in [0.1, 0.15) is 59.1 Å². The van der Waals surface area contributed by atoms with E-state index >= 15 is 0 Å². The molecule has 1 aliphatic carbocycles. The Morgan fingerprint density at radius 2 is 1.67 bits per heavy atom. The van der Waals surface area contributed by atoms with Gasteiger partial charge in [0.05, 0.1) is 12.2 Å². The lowest BCUT2D eigenvalue weighted by molar-refractivity contribution is -0.116. The van der Waals surface area contributed by atoms with Crippen LogP contribution >= 0.6 is 46.1 Å². The lowest BCUT2D eigenvalue weighted by Crippen LogP contribution is -2.46. The standard InChI is InChI=1S/C28H37Cl3O7S/c1-2-22(32)26(35)27(36)24(34)14-38-28(37)25-9-7-18(39-25)4-3-5-19-20(23(33)13-21(19)31)8-6-15-10-16(29)12-17(30)11-15/h7,9-12,19-24,26-27,32-36H,2-6,8,13-14H2,1H3/t19-,20-,21-,22?,23-,24?,26?,27?/m1/s1. The molecule has 3 rings (SSSR count). The Hall–Kier alpha value is -0.940. The molecule has 0 radical (unpaired) electrons. The zero-order valence-electron chi connectivity index (χ0n) is 21.8. The maximum absolute atomic E-state index is 12.4. The van der Waals surface area contributed by atoms with Crippen molar-refractivity contribution in [3.05, 3.63) is 55.7 Å². The largest absolute Gasteiger partial charge is 0.459 e. The lowest BCUT2D eigenvalue weighted by Gasteiger charge is -2.25. The van der Waals surface area contributed by atoms with Gasteiger partial charge in [-0.1, -0.05) is 30.1 Å². The number of rotatable bonds is 14. The topological polar surface area (TPSA) is 127 Å². The predicted molar refractivity (Wildman–Crippen MR) is 154 cm³/mol. The van der Waals surface area contributed by atoms with Crippen molar-refractivity contribution < 1.29 is 35.1 Å². The zero-order chi connectivity index (χ0) is 28.7. The van der Waals surface area contributed by atoms with Crippen LogP contribution in [0.2, 0.25) is 10.0 Å². The Morgan fingerprint density at radius 1 is 1.00 bits per heavy atom. The third kappa shape index (κ3) is 9.28. The van der Waals surface area contributed by atoms with Crippen LogP contribution < -0.4 is 0 Å². The molecule has 1 saturated carbocycles. The van der Waals surface area contributed by atoms with Gasteiger partial charge in [0.2, 0.25) is 0 Å². The molecule has 0 amide bonds. The number of carbonyl (C=O) groups is 1. The first kappa shape index (κ1) is 32.6. The molecule has 0 saturated heterocycles. The second-order valence-electron chi connectivity index (χ2n) is 10.2. The lowest BCUT2D eigenvalue weighted by atomic mass is 9.85. The van der Waals surface area contributed by atoms with Gasteiger partial charge in [0.1, 0.15) is 29.8 Å².